The zero-order valence-electron chi connectivity index (χ0n) is 18.8. The van der Waals surface area contributed by atoms with E-state index >= 15 is 0 Å². The Morgan fingerprint density at radius 3 is 2.43 bits per heavy atom. The number of carbonyl (C=O) groups is 4. The first-order valence-electron chi connectivity index (χ1n) is 10.8. The lowest BCUT2D eigenvalue weighted by molar-refractivity contribution is -0.137. The minimum atomic E-state index is -0.955. The predicted octanol–water partition coefficient (Wildman–Crippen LogP) is 2.79. The van der Waals surface area contributed by atoms with E-state index in [4.69, 9.17) is 5.11 Å². The topological polar surface area (TPSA) is 150 Å². The molecule has 0 fully saturated rings. The Hall–Kier alpha value is -4.73. The van der Waals surface area contributed by atoms with Crippen molar-refractivity contribution in [2.75, 3.05) is 17.2 Å². The third-order valence-corrected chi connectivity index (χ3v) is 4.85. The van der Waals surface area contributed by atoms with Gasteiger partial charge in [-0.1, -0.05) is 42.5 Å². The standard InChI is InChI=1S/C25H25N5O5/c31-21(30-23-18(9-5-13-26-23)11-12-22(32)33)16-27-24(34)19-8-4-10-20(14-19)29-25(35)28-15-17-6-2-1-3-7-17/h1-10,13-14H,11-12,15-16H2,(H,27,34)(H,32,33)(H,26,30,31)(H2,28,29,35). The van der Waals surface area contributed by atoms with Crippen molar-refractivity contribution >= 4 is 35.3 Å². The number of aromatic nitrogens is 1. The van der Waals surface area contributed by atoms with E-state index in [1.807, 2.05) is 30.3 Å². The molecule has 0 unspecified atom stereocenters. The highest BCUT2D eigenvalue weighted by Crippen LogP contribution is 2.14. The molecular formula is C25H25N5O5. The van der Waals surface area contributed by atoms with Crippen LogP contribution in [0.1, 0.15) is 27.9 Å². The number of rotatable bonds is 10. The summed E-state index contributed by atoms with van der Waals surface area (Å²) in [4.78, 5) is 51.8. The second-order valence-electron chi connectivity index (χ2n) is 7.51. The molecule has 1 heterocycles. The van der Waals surface area contributed by atoms with Gasteiger partial charge in [0.15, 0.2) is 0 Å². The number of hydrogen-bond acceptors (Lipinski definition) is 5. The highest BCUT2D eigenvalue weighted by molar-refractivity contribution is 6.00. The maximum Gasteiger partial charge on any atom is 0.319 e. The molecule has 35 heavy (non-hydrogen) atoms. The lowest BCUT2D eigenvalue weighted by Crippen LogP contribution is -2.33. The molecule has 10 nitrogen and oxygen atoms in total. The van der Waals surface area contributed by atoms with E-state index in [1.165, 1.54) is 12.3 Å². The van der Waals surface area contributed by atoms with Crippen molar-refractivity contribution in [2.45, 2.75) is 19.4 Å². The first-order chi connectivity index (χ1) is 16.9. The second-order valence-corrected chi connectivity index (χ2v) is 7.51. The highest BCUT2D eigenvalue weighted by atomic mass is 16.4. The van der Waals surface area contributed by atoms with Crippen LogP contribution in [0.15, 0.2) is 72.9 Å². The Morgan fingerprint density at radius 2 is 1.66 bits per heavy atom. The van der Waals surface area contributed by atoms with E-state index in [9.17, 15) is 19.2 Å². The maximum absolute atomic E-state index is 12.5. The molecule has 1 aromatic heterocycles. The molecule has 0 aliphatic carbocycles. The van der Waals surface area contributed by atoms with Crippen LogP contribution in [0.2, 0.25) is 0 Å². The quantitative estimate of drug-likeness (QED) is 0.304. The van der Waals surface area contributed by atoms with Gasteiger partial charge in [0.25, 0.3) is 5.91 Å². The number of aliphatic carboxylic acids is 1. The molecule has 0 atom stereocenters. The molecule has 0 saturated carbocycles. The van der Waals surface area contributed by atoms with Crippen molar-refractivity contribution in [3.05, 3.63) is 89.6 Å². The summed E-state index contributed by atoms with van der Waals surface area (Å²) in [6, 6.07) is 18.7. The zero-order chi connectivity index (χ0) is 25.0. The average molecular weight is 476 g/mol. The average Bonchev–Trinajstić information content (AvgIpc) is 2.86. The number of urea groups is 1. The molecule has 0 aliphatic rings. The Kier molecular flexibility index (Phi) is 8.89. The Labute approximate surface area is 201 Å². The summed E-state index contributed by atoms with van der Waals surface area (Å²) in [5.74, 6) is -1.71. The number of pyridine rings is 1. The van der Waals surface area contributed by atoms with Crippen molar-refractivity contribution in [1.29, 1.82) is 0 Å². The minimum absolute atomic E-state index is 0.0973. The summed E-state index contributed by atoms with van der Waals surface area (Å²) in [5.41, 5.74) is 2.22. The van der Waals surface area contributed by atoms with Gasteiger partial charge in [-0.05, 0) is 41.8 Å². The molecule has 180 valence electrons. The van der Waals surface area contributed by atoms with E-state index in [0.717, 1.165) is 5.56 Å². The van der Waals surface area contributed by atoms with Crippen LogP contribution in [0.25, 0.3) is 0 Å². The van der Waals surface area contributed by atoms with E-state index in [1.54, 1.807) is 30.3 Å². The lowest BCUT2D eigenvalue weighted by Gasteiger charge is -2.11. The van der Waals surface area contributed by atoms with Crippen LogP contribution in [0.4, 0.5) is 16.3 Å². The fourth-order valence-corrected chi connectivity index (χ4v) is 3.13. The van der Waals surface area contributed by atoms with Crippen molar-refractivity contribution < 1.29 is 24.3 Å². The summed E-state index contributed by atoms with van der Waals surface area (Å²) < 4.78 is 0. The molecule has 5 N–H and O–H groups in total. The summed E-state index contributed by atoms with van der Waals surface area (Å²) in [7, 11) is 0. The number of hydrogen-bond donors (Lipinski definition) is 5. The first-order valence-corrected chi connectivity index (χ1v) is 10.8. The molecule has 0 radical (unpaired) electrons. The number of nitrogens with one attached hydrogen (secondary N) is 4. The molecular weight excluding hydrogens is 450 g/mol. The lowest BCUT2D eigenvalue weighted by atomic mass is 10.1. The largest absolute Gasteiger partial charge is 0.481 e. The zero-order valence-corrected chi connectivity index (χ0v) is 18.8. The van der Waals surface area contributed by atoms with Crippen LogP contribution in [-0.4, -0.2) is 40.5 Å². The van der Waals surface area contributed by atoms with Crippen LogP contribution >= 0.6 is 0 Å². The highest BCUT2D eigenvalue weighted by Gasteiger charge is 2.12. The third-order valence-electron chi connectivity index (χ3n) is 4.85. The number of carboxylic acid groups (broad SMARTS) is 1. The maximum atomic E-state index is 12.5. The van der Waals surface area contributed by atoms with Crippen molar-refractivity contribution in [3.8, 4) is 0 Å². The van der Waals surface area contributed by atoms with E-state index in [-0.39, 0.29) is 30.8 Å². The van der Waals surface area contributed by atoms with Crippen LogP contribution in [0.3, 0.4) is 0 Å². The van der Waals surface area contributed by atoms with Gasteiger partial charge in [-0.2, -0.15) is 0 Å². The van der Waals surface area contributed by atoms with Gasteiger partial charge in [0.1, 0.15) is 5.82 Å². The number of carbonyl (C=O) groups excluding carboxylic acids is 3. The fraction of sp³-hybridized carbons (Fsp3) is 0.160. The van der Waals surface area contributed by atoms with E-state index < -0.39 is 23.8 Å². The number of anilines is 2. The van der Waals surface area contributed by atoms with Crippen LogP contribution in [0.5, 0.6) is 0 Å². The minimum Gasteiger partial charge on any atom is -0.481 e. The van der Waals surface area contributed by atoms with Gasteiger partial charge in [0.05, 0.1) is 6.54 Å². The predicted molar refractivity (Wildman–Crippen MR) is 130 cm³/mol. The molecule has 3 rings (SSSR count). The van der Waals surface area contributed by atoms with E-state index in [0.29, 0.717) is 17.8 Å². The summed E-state index contributed by atoms with van der Waals surface area (Å²) in [6.07, 6.45) is 1.59. The molecule has 0 aliphatic heterocycles. The molecule has 10 heteroatoms. The monoisotopic (exact) mass is 475 g/mol. The van der Waals surface area contributed by atoms with E-state index in [2.05, 4.69) is 26.3 Å². The molecule has 0 bridgehead atoms. The van der Waals surface area contributed by atoms with Gasteiger partial charge >= 0.3 is 12.0 Å². The number of aryl methyl sites for hydroxylation is 1. The summed E-state index contributed by atoms with van der Waals surface area (Å²) in [5, 5.41) is 19.4. The summed E-state index contributed by atoms with van der Waals surface area (Å²) in [6.45, 7) is 0.0409. The smallest absolute Gasteiger partial charge is 0.319 e. The van der Waals surface area contributed by atoms with Crippen LogP contribution in [-0.2, 0) is 22.6 Å². The molecule has 4 amide bonds. The molecule has 0 spiro atoms. The third kappa shape index (κ3) is 8.28. The Bertz CT molecular complexity index is 1200. The van der Waals surface area contributed by atoms with Gasteiger partial charge in [0, 0.05) is 30.4 Å². The van der Waals surface area contributed by atoms with Gasteiger partial charge < -0.3 is 26.4 Å². The van der Waals surface area contributed by atoms with Gasteiger partial charge in [0.2, 0.25) is 5.91 Å². The van der Waals surface area contributed by atoms with Crippen LogP contribution < -0.4 is 21.3 Å². The van der Waals surface area contributed by atoms with Gasteiger partial charge in [-0.15, -0.1) is 0 Å². The Balaban J connectivity index is 1.49. The van der Waals surface area contributed by atoms with Crippen molar-refractivity contribution in [1.82, 2.24) is 15.6 Å². The molecule has 3 aromatic rings. The number of benzene rings is 2. The normalized spacial score (nSPS) is 10.2. The number of carboxylic acids is 1. The van der Waals surface area contributed by atoms with Crippen molar-refractivity contribution in [2.24, 2.45) is 0 Å². The number of amides is 4. The first kappa shape index (κ1) is 24.9. The molecule has 0 saturated heterocycles. The summed E-state index contributed by atoms with van der Waals surface area (Å²) >= 11 is 0. The Morgan fingerprint density at radius 1 is 0.857 bits per heavy atom. The number of nitrogens with zero attached hydrogens (tertiary/aromatic N) is 1. The van der Waals surface area contributed by atoms with Gasteiger partial charge in [-0.25, -0.2) is 9.78 Å². The SMILES string of the molecule is O=C(O)CCc1cccnc1NC(=O)CNC(=O)c1cccc(NC(=O)NCc2ccccc2)c1. The molecule has 2 aromatic carbocycles. The second kappa shape index (κ2) is 12.5. The van der Waals surface area contributed by atoms with Crippen molar-refractivity contribution in [3.63, 3.8) is 0 Å². The van der Waals surface area contributed by atoms with Crippen LogP contribution in [0, 0.1) is 0 Å². The van der Waals surface area contributed by atoms with Gasteiger partial charge in [-0.3, -0.25) is 14.4 Å². The fourth-order valence-electron chi connectivity index (χ4n) is 3.13.